The van der Waals surface area contributed by atoms with E-state index in [-0.39, 0.29) is 11.4 Å². The molecule has 20 heavy (non-hydrogen) atoms. The summed E-state index contributed by atoms with van der Waals surface area (Å²) in [5.74, 6) is -0.907. The summed E-state index contributed by atoms with van der Waals surface area (Å²) in [6, 6.07) is 1.63. The molecule has 0 saturated heterocycles. The van der Waals surface area contributed by atoms with Gasteiger partial charge in [0.25, 0.3) is 0 Å². The van der Waals surface area contributed by atoms with Gasteiger partial charge in [-0.15, -0.1) is 11.3 Å². The predicted molar refractivity (Wildman–Crippen MR) is 77.5 cm³/mol. The third-order valence-electron chi connectivity index (χ3n) is 3.90. The molecule has 0 aliphatic heterocycles. The Balaban J connectivity index is 2.17. The Labute approximate surface area is 123 Å². The second-order valence-corrected chi connectivity index (χ2v) is 8.59. The second-order valence-electron chi connectivity index (χ2n) is 5.39. The third kappa shape index (κ3) is 2.89. The van der Waals surface area contributed by atoms with Crippen LogP contribution in [0.25, 0.3) is 0 Å². The maximum Gasteiger partial charge on any atom is 0.310 e. The average Bonchev–Trinajstić information content (AvgIpc) is 2.94. The summed E-state index contributed by atoms with van der Waals surface area (Å²) in [7, 11) is -3.63. The number of nitrogens with one attached hydrogen (secondary N) is 1. The molecule has 112 valence electrons. The summed E-state index contributed by atoms with van der Waals surface area (Å²) in [5.41, 5.74) is -0.938. The zero-order chi connectivity index (χ0) is 15.0. The second kappa shape index (κ2) is 5.46. The Morgan fingerprint density at radius 2 is 2.00 bits per heavy atom. The minimum absolute atomic E-state index is 0.0288. The first-order chi connectivity index (χ1) is 9.27. The van der Waals surface area contributed by atoms with Crippen molar-refractivity contribution in [1.29, 1.82) is 0 Å². The number of hydrogen-bond acceptors (Lipinski definition) is 4. The van der Waals surface area contributed by atoms with Crippen LogP contribution in [-0.4, -0.2) is 26.0 Å². The van der Waals surface area contributed by atoms with Crippen LogP contribution in [0.2, 0.25) is 0 Å². The van der Waals surface area contributed by atoms with Crippen LogP contribution in [0.5, 0.6) is 0 Å². The van der Waals surface area contributed by atoms with Crippen LogP contribution in [-0.2, 0) is 14.8 Å². The van der Waals surface area contributed by atoms with E-state index in [0.29, 0.717) is 12.8 Å². The van der Waals surface area contributed by atoms with Crippen molar-refractivity contribution < 1.29 is 18.3 Å². The van der Waals surface area contributed by atoms with Gasteiger partial charge in [0.2, 0.25) is 10.0 Å². The fraction of sp³-hybridized carbons (Fsp3) is 0.615. The van der Waals surface area contributed by atoms with Crippen LogP contribution in [0.1, 0.15) is 35.4 Å². The van der Waals surface area contributed by atoms with Gasteiger partial charge >= 0.3 is 5.97 Å². The number of hydrogen-bond donors (Lipinski definition) is 2. The number of thiophene rings is 1. The molecule has 7 heteroatoms. The molecule has 0 unspecified atom stereocenters. The SMILES string of the molecule is Cc1cc(S(=O)(=O)NCC2(C(=O)O)CCCC2)c(C)s1. The van der Waals surface area contributed by atoms with Gasteiger partial charge in [0.1, 0.15) is 0 Å². The average molecular weight is 317 g/mol. The van der Waals surface area contributed by atoms with Crippen molar-refractivity contribution in [2.75, 3.05) is 6.54 Å². The number of carboxylic acid groups (broad SMARTS) is 1. The molecule has 1 fully saturated rings. The van der Waals surface area contributed by atoms with E-state index >= 15 is 0 Å². The molecule has 1 aliphatic carbocycles. The van der Waals surface area contributed by atoms with Gasteiger partial charge in [-0.3, -0.25) is 4.79 Å². The van der Waals surface area contributed by atoms with E-state index in [2.05, 4.69) is 4.72 Å². The summed E-state index contributed by atoms with van der Waals surface area (Å²) < 4.78 is 27.1. The van der Waals surface area contributed by atoms with Crippen molar-refractivity contribution >= 4 is 27.3 Å². The zero-order valence-electron chi connectivity index (χ0n) is 11.6. The fourth-order valence-corrected chi connectivity index (χ4v) is 5.38. The van der Waals surface area contributed by atoms with Crippen molar-refractivity contribution in [3.8, 4) is 0 Å². The molecular weight excluding hydrogens is 298 g/mol. The van der Waals surface area contributed by atoms with Crippen molar-refractivity contribution in [2.45, 2.75) is 44.4 Å². The summed E-state index contributed by atoms with van der Waals surface area (Å²) in [6.07, 6.45) is 2.74. The van der Waals surface area contributed by atoms with E-state index in [4.69, 9.17) is 0 Å². The van der Waals surface area contributed by atoms with Crippen molar-refractivity contribution in [3.63, 3.8) is 0 Å². The molecular formula is C13H19NO4S2. The minimum atomic E-state index is -3.63. The molecule has 0 spiro atoms. The highest BCUT2D eigenvalue weighted by molar-refractivity contribution is 7.89. The lowest BCUT2D eigenvalue weighted by atomic mass is 9.87. The Bertz CT molecular complexity index is 612. The smallest absolute Gasteiger partial charge is 0.310 e. The predicted octanol–water partition coefficient (Wildman–Crippen LogP) is 2.29. The maximum atomic E-state index is 12.3. The van der Waals surface area contributed by atoms with Crippen LogP contribution in [0.4, 0.5) is 0 Å². The van der Waals surface area contributed by atoms with Crippen LogP contribution >= 0.6 is 11.3 Å². The number of carbonyl (C=O) groups is 1. The highest BCUT2D eigenvalue weighted by atomic mass is 32.2. The molecule has 1 aromatic heterocycles. The summed E-state index contributed by atoms with van der Waals surface area (Å²) in [5, 5.41) is 9.36. The lowest BCUT2D eigenvalue weighted by Crippen LogP contribution is -2.41. The number of rotatable bonds is 5. The van der Waals surface area contributed by atoms with Gasteiger partial charge in [-0.2, -0.15) is 0 Å². The molecule has 5 nitrogen and oxygen atoms in total. The fourth-order valence-electron chi connectivity index (χ4n) is 2.70. The van der Waals surface area contributed by atoms with E-state index in [0.717, 1.165) is 22.6 Å². The lowest BCUT2D eigenvalue weighted by molar-refractivity contribution is -0.148. The minimum Gasteiger partial charge on any atom is -0.481 e. The van der Waals surface area contributed by atoms with E-state index in [1.54, 1.807) is 13.0 Å². The molecule has 0 radical (unpaired) electrons. The van der Waals surface area contributed by atoms with E-state index in [1.807, 2.05) is 6.92 Å². The van der Waals surface area contributed by atoms with E-state index in [9.17, 15) is 18.3 Å². The number of sulfonamides is 1. The largest absolute Gasteiger partial charge is 0.481 e. The Kier molecular flexibility index (Phi) is 4.22. The molecule has 1 saturated carbocycles. The summed E-state index contributed by atoms with van der Waals surface area (Å²) in [4.78, 5) is 13.3. The van der Waals surface area contributed by atoms with Gasteiger partial charge < -0.3 is 5.11 Å². The number of aliphatic carboxylic acids is 1. The summed E-state index contributed by atoms with van der Waals surface area (Å²) in [6.45, 7) is 3.58. The van der Waals surface area contributed by atoms with Crippen LogP contribution in [0.15, 0.2) is 11.0 Å². The normalized spacial score (nSPS) is 18.3. The quantitative estimate of drug-likeness (QED) is 0.873. The first kappa shape index (κ1) is 15.5. The Hall–Kier alpha value is -0.920. The topological polar surface area (TPSA) is 83.5 Å². The van der Waals surface area contributed by atoms with Crippen LogP contribution in [0, 0.1) is 19.3 Å². The number of carboxylic acids is 1. The van der Waals surface area contributed by atoms with Gasteiger partial charge in [-0.25, -0.2) is 13.1 Å². The first-order valence-corrected chi connectivity index (χ1v) is 8.87. The van der Waals surface area contributed by atoms with Gasteiger partial charge in [0.15, 0.2) is 0 Å². The van der Waals surface area contributed by atoms with E-state index < -0.39 is 21.4 Å². The molecule has 0 bridgehead atoms. The molecule has 1 heterocycles. The van der Waals surface area contributed by atoms with Crippen molar-refractivity contribution in [3.05, 3.63) is 15.8 Å². The highest BCUT2D eigenvalue weighted by Gasteiger charge is 2.42. The Morgan fingerprint density at radius 3 is 2.45 bits per heavy atom. The highest BCUT2D eigenvalue weighted by Crippen LogP contribution is 2.38. The van der Waals surface area contributed by atoms with Gasteiger partial charge in [-0.05, 0) is 32.8 Å². The van der Waals surface area contributed by atoms with Gasteiger partial charge in [0, 0.05) is 16.3 Å². The molecule has 2 N–H and O–H groups in total. The third-order valence-corrected chi connectivity index (χ3v) is 6.52. The molecule has 0 amide bonds. The van der Waals surface area contributed by atoms with E-state index in [1.165, 1.54) is 11.3 Å². The Morgan fingerprint density at radius 1 is 1.40 bits per heavy atom. The summed E-state index contributed by atoms with van der Waals surface area (Å²) >= 11 is 1.42. The standard InChI is InChI=1S/C13H19NO4S2/c1-9-7-11(10(2)19-9)20(17,18)14-8-13(12(15)16)5-3-4-6-13/h7,14H,3-6,8H2,1-2H3,(H,15,16). The molecule has 0 atom stereocenters. The maximum absolute atomic E-state index is 12.3. The van der Waals surface area contributed by atoms with Crippen molar-refractivity contribution in [2.24, 2.45) is 5.41 Å². The monoisotopic (exact) mass is 317 g/mol. The van der Waals surface area contributed by atoms with Gasteiger partial charge in [0.05, 0.1) is 10.3 Å². The van der Waals surface area contributed by atoms with Crippen molar-refractivity contribution in [1.82, 2.24) is 4.72 Å². The van der Waals surface area contributed by atoms with Crippen LogP contribution < -0.4 is 4.72 Å². The van der Waals surface area contributed by atoms with Gasteiger partial charge in [-0.1, -0.05) is 12.8 Å². The molecule has 0 aromatic carbocycles. The molecule has 1 aliphatic rings. The van der Waals surface area contributed by atoms with Crippen LogP contribution in [0.3, 0.4) is 0 Å². The molecule has 1 aromatic rings. The first-order valence-electron chi connectivity index (χ1n) is 6.57. The lowest BCUT2D eigenvalue weighted by Gasteiger charge is -2.23. The molecule has 2 rings (SSSR count). The zero-order valence-corrected chi connectivity index (χ0v) is 13.2. The number of aryl methyl sites for hydroxylation is 2.